The second-order valence-corrected chi connectivity index (χ2v) is 6.14. The molecule has 2 rings (SSSR count). The third-order valence-electron chi connectivity index (χ3n) is 3.83. The smallest absolute Gasteiger partial charge is 0.303 e. The molecular weight excluding hydrogens is 254 g/mol. The van der Waals surface area contributed by atoms with E-state index in [4.69, 9.17) is 5.11 Å². The minimum Gasteiger partial charge on any atom is -0.507 e. The van der Waals surface area contributed by atoms with Crippen LogP contribution in [0.2, 0.25) is 0 Å². The zero-order valence-corrected chi connectivity index (χ0v) is 12.4. The van der Waals surface area contributed by atoms with Gasteiger partial charge in [0.15, 0.2) is 0 Å². The van der Waals surface area contributed by atoms with Crippen LogP contribution in [0.25, 0.3) is 0 Å². The number of benzene rings is 1. The lowest BCUT2D eigenvalue weighted by molar-refractivity contribution is -0.137. The molecule has 1 aromatic rings. The summed E-state index contributed by atoms with van der Waals surface area (Å²) >= 11 is 0. The summed E-state index contributed by atoms with van der Waals surface area (Å²) in [5.74, 6) is -0.168. The van der Waals surface area contributed by atoms with Gasteiger partial charge in [0.25, 0.3) is 0 Å². The van der Waals surface area contributed by atoms with Crippen molar-refractivity contribution in [2.75, 3.05) is 14.1 Å². The van der Waals surface area contributed by atoms with E-state index in [1.165, 1.54) is 0 Å². The van der Waals surface area contributed by atoms with Gasteiger partial charge in [0.1, 0.15) is 5.75 Å². The van der Waals surface area contributed by atoms with Crippen LogP contribution in [0.4, 0.5) is 0 Å². The molecule has 110 valence electrons. The Bertz CT molecular complexity index is 507. The standard InChI is InChI=1S/C16H23NO3/c1-10-6-12(9-17(2)3)16(20)14(7-10)13(8-15(18)19)11-4-5-11/h6-7,11,13,20H,4-5,8-9H2,1-3H3,(H,18,19). The molecule has 0 amide bonds. The molecule has 1 unspecified atom stereocenters. The van der Waals surface area contributed by atoms with Gasteiger partial charge < -0.3 is 15.1 Å². The summed E-state index contributed by atoms with van der Waals surface area (Å²) in [5, 5.41) is 19.6. The molecular formula is C16H23NO3. The highest BCUT2D eigenvalue weighted by molar-refractivity contribution is 5.68. The lowest BCUT2D eigenvalue weighted by atomic mass is 9.87. The molecule has 0 spiro atoms. The number of hydrogen-bond donors (Lipinski definition) is 2. The van der Waals surface area contributed by atoms with E-state index in [9.17, 15) is 9.90 Å². The van der Waals surface area contributed by atoms with Gasteiger partial charge in [-0.05, 0) is 45.3 Å². The predicted molar refractivity (Wildman–Crippen MR) is 78.0 cm³/mol. The molecule has 2 N–H and O–H groups in total. The van der Waals surface area contributed by atoms with Crippen molar-refractivity contribution >= 4 is 5.97 Å². The van der Waals surface area contributed by atoms with Crippen molar-refractivity contribution in [1.29, 1.82) is 0 Å². The van der Waals surface area contributed by atoms with Crippen LogP contribution in [0, 0.1) is 12.8 Å². The molecule has 4 heteroatoms. The predicted octanol–water partition coefficient (Wildman–Crippen LogP) is 2.73. The van der Waals surface area contributed by atoms with Gasteiger partial charge in [0.05, 0.1) is 6.42 Å². The number of aryl methyl sites for hydroxylation is 1. The summed E-state index contributed by atoms with van der Waals surface area (Å²) in [4.78, 5) is 13.1. The minimum absolute atomic E-state index is 0.0617. The fourth-order valence-electron chi connectivity index (χ4n) is 2.85. The van der Waals surface area contributed by atoms with Crippen LogP contribution >= 0.6 is 0 Å². The SMILES string of the molecule is Cc1cc(CN(C)C)c(O)c(C(CC(=O)O)C2CC2)c1. The number of nitrogens with zero attached hydrogens (tertiary/aromatic N) is 1. The number of phenols is 1. The summed E-state index contributed by atoms with van der Waals surface area (Å²) in [6.45, 7) is 2.65. The number of aliphatic carboxylic acids is 1. The number of phenolic OH excluding ortho intramolecular Hbond substituents is 1. The van der Waals surface area contributed by atoms with Crippen LogP contribution in [0.1, 0.15) is 41.9 Å². The van der Waals surface area contributed by atoms with E-state index in [1.807, 2.05) is 38.1 Å². The third kappa shape index (κ3) is 3.51. The molecule has 0 saturated heterocycles. The molecule has 1 atom stereocenters. The lowest BCUT2D eigenvalue weighted by Crippen LogP contribution is -2.13. The molecule has 0 bridgehead atoms. The van der Waals surface area contributed by atoms with Crippen LogP contribution in [-0.4, -0.2) is 35.2 Å². The normalized spacial score (nSPS) is 16.4. The van der Waals surface area contributed by atoms with Crippen LogP contribution in [-0.2, 0) is 11.3 Å². The zero-order valence-electron chi connectivity index (χ0n) is 12.4. The summed E-state index contributed by atoms with van der Waals surface area (Å²) in [6.07, 6.45) is 2.23. The van der Waals surface area contributed by atoms with Gasteiger partial charge in [-0.25, -0.2) is 0 Å². The summed E-state index contributed by atoms with van der Waals surface area (Å²) < 4.78 is 0. The van der Waals surface area contributed by atoms with Crippen LogP contribution in [0.3, 0.4) is 0 Å². The highest BCUT2D eigenvalue weighted by atomic mass is 16.4. The first-order valence-corrected chi connectivity index (χ1v) is 7.07. The fraction of sp³-hybridized carbons (Fsp3) is 0.562. The average Bonchev–Trinajstić information content (AvgIpc) is 3.13. The molecule has 20 heavy (non-hydrogen) atoms. The lowest BCUT2D eigenvalue weighted by Gasteiger charge is -2.20. The highest BCUT2D eigenvalue weighted by Gasteiger charge is 2.35. The Kier molecular flexibility index (Phi) is 4.33. The van der Waals surface area contributed by atoms with Gasteiger partial charge in [-0.15, -0.1) is 0 Å². The second kappa shape index (κ2) is 5.83. The van der Waals surface area contributed by atoms with E-state index < -0.39 is 5.97 Å². The third-order valence-corrected chi connectivity index (χ3v) is 3.83. The maximum absolute atomic E-state index is 11.1. The molecule has 0 aromatic heterocycles. The molecule has 4 nitrogen and oxygen atoms in total. The van der Waals surface area contributed by atoms with E-state index in [2.05, 4.69) is 0 Å². The topological polar surface area (TPSA) is 60.8 Å². The van der Waals surface area contributed by atoms with Gasteiger partial charge in [-0.3, -0.25) is 4.79 Å². The molecule has 0 aliphatic heterocycles. The Labute approximate surface area is 120 Å². The summed E-state index contributed by atoms with van der Waals surface area (Å²) in [7, 11) is 3.91. The minimum atomic E-state index is -0.794. The van der Waals surface area contributed by atoms with Gasteiger partial charge in [0.2, 0.25) is 0 Å². The number of rotatable bonds is 6. The van der Waals surface area contributed by atoms with Crippen molar-refractivity contribution in [2.24, 2.45) is 5.92 Å². The Balaban J connectivity index is 2.37. The highest BCUT2D eigenvalue weighted by Crippen LogP contribution is 2.47. The molecule has 1 aromatic carbocycles. The van der Waals surface area contributed by atoms with Crippen molar-refractivity contribution in [1.82, 2.24) is 4.90 Å². The van der Waals surface area contributed by atoms with Gasteiger partial charge in [-0.2, -0.15) is 0 Å². The number of carboxylic acid groups (broad SMARTS) is 1. The first-order chi connectivity index (χ1) is 9.38. The van der Waals surface area contributed by atoms with Crippen LogP contribution < -0.4 is 0 Å². The first-order valence-electron chi connectivity index (χ1n) is 7.07. The molecule has 1 aliphatic carbocycles. The maximum atomic E-state index is 11.1. The first kappa shape index (κ1) is 14.9. The van der Waals surface area contributed by atoms with Gasteiger partial charge >= 0.3 is 5.97 Å². The molecule has 1 saturated carbocycles. The van der Waals surface area contributed by atoms with Crippen molar-refractivity contribution in [2.45, 2.75) is 38.6 Å². The van der Waals surface area contributed by atoms with Crippen molar-refractivity contribution in [3.05, 3.63) is 28.8 Å². The Morgan fingerprint density at radius 3 is 2.55 bits per heavy atom. The fourth-order valence-corrected chi connectivity index (χ4v) is 2.85. The number of carbonyl (C=O) groups is 1. The van der Waals surface area contributed by atoms with Crippen LogP contribution in [0.5, 0.6) is 5.75 Å². The van der Waals surface area contributed by atoms with E-state index in [0.29, 0.717) is 12.5 Å². The van der Waals surface area contributed by atoms with E-state index in [-0.39, 0.29) is 18.1 Å². The monoisotopic (exact) mass is 277 g/mol. The van der Waals surface area contributed by atoms with E-state index in [1.54, 1.807) is 0 Å². The largest absolute Gasteiger partial charge is 0.507 e. The average molecular weight is 277 g/mol. The van der Waals surface area contributed by atoms with Gasteiger partial charge in [0, 0.05) is 18.0 Å². The Morgan fingerprint density at radius 2 is 2.05 bits per heavy atom. The van der Waals surface area contributed by atoms with E-state index in [0.717, 1.165) is 29.5 Å². The van der Waals surface area contributed by atoms with Gasteiger partial charge in [-0.1, -0.05) is 17.7 Å². The van der Waals surface area contributed by atoms with Crippen molar-refractivity contribution in [3.8, 4) is 5.75 Å². The molecule has 0 heterocycles. The number of hydrogen-bond acceptors (Lipinski definition) is 3. The van der Waals surface area contributed by atoms with Crippen molar-refractivity contribution in [3.63, 3.8) is 0 Å². The number of carboxylic acids is 1. The summed E-state index contributed by atoms with van der Waals surface area (Å²) in [5.41, 5.74) is 2.76. The number of aromatic hydroxyl groups is 1. The Hall–Kier alpha value is -1.55. The van der Waals surface area contributed by atoms with Crippen molar-refractivity contribution < 1.29 is 15.0 Å². The van der Waals surface area contributed by atoms with E-state index >= 15 is 0 Å². The molecule has 0 radical (unpaired) electrons. The quantitative estimate of drug-likeness (QED) is 0.839. The molecule has 1 aliphatic rings. The maximum Gasteiger partial charge on any atom is 0.303 e. The Morgan fingerprint density at radius 1 is 1.40 bits per heavy atom. The zero-order chi connectivity index (χ0) is 14.9. The summed E-state index contributed by atoms with van der Waals surface area (Å²) in [6, 6.07) is 3.92. The molecule has 1 fully saturated rings. The second-order valence-electron chi connectivity index (χ2n) is 6.14. The van der Waals surface area contributed by atoms with Crippen LogP contribution in [0.15, 0.2) is 12.1 Å².